The topological polar surface area (TPSA) is 46.9 Å². The van der Waals surface area contributed by atoms with Gasteiger partial charge in [0.25, 0.3) is 0 Å². The fourth-order valence-corrected chi connectivity index (χ4v) is 4.40. The molecule has 28 heavy (non-hydrogen) atoms. The molecule has 1 saturated carbocycles. The molecular formula is C19H21ClF3N3OS. The lowest BCUT2D eigenvalue weighted by Crippen LogP contribution is -2.25. The number of anilines is 1. The number of aryl methyl sites for hydroxylation is 1. The third kappa shape index (κ3) is 4.27. The summed E-state index contributed by atoms with van der Waals surface area (Å²) in [5, 5.41) is 7.20. The van der Waals surface area contributed by atoms with Crippen molar-refractivity contribution in [3.8, 4) is 10.6 Å². The molecule has 2 heterocycles. The van der Waals surface area contributed by atoms with Crippen molar-refractivity contribution >= 4 is 34.7 Å². The fraction of sp³-hybridized carbons (Fsp3) is 0.474. The molecule has 3 rings (SSSR count). The Morgan fingerprint density at radius 3 is 2.64 bits per heavy atom. The molecule has 1 N–H and O–H groups in total. The van der Waals surface area contributed by atoms with Gasteiger partial charge in [-0.2, -0.15) is 18.3 Å². The van der Waals surface area contributed by atoms with Crippen LogP contribution in [-0.4, -0.2) is 21.9 Å². The number of thiophene rings is 1. The second-order valence-corrected chi connectivity index (χ2v) is 8.88. The summed E-state index contributed by atoms with van der Waals surface area (Å²) in [5.74, 6) is -0.689. The Kier molecular flexibility index (Phi) is 5.91. The Morgan fingerprint density at radius 2 is 2.14 bits per heavy atom. The molecule has 152 valence electrons. The Balaban J connectivity index is 1.86. The molecule has 1 aliphatic carbocycles. The van der Waals surface area contributed by atoms with E-state index in [2.05, 4.69) is 17.0 Å². The smallest absolute Gasteiger partial charge is 0.309 e. The number of carbonyl (C=O) groups is 1. The third-order valence-electron chi connectivity index (χ3n) is 5.05. The van der Waals surface area contributed by atoms with E-state index in [1.165, 1.54) is 18.3 Å². The van der Waals surface area contributed by atoms with E-state index >= 15 is 0 Å². The van der Waals surface area contributed by atoms with Crippen molar-refractivity contribution < 1.29 is 18.0 Å². The number of halogens is 4. The maximum absolute atomic E-state index is 12.7. The number of nitrogens with zero attached hydrogens (tertiary/aromatic N) is 2. The molecule has 1 atom stereocenters. The highest BCUT2D eigenvalue weighted by Gasteiger charge is 2.35. The first-order valence-corrected chi connectivity index (χ1v) is 10.2. The van der Waals surface area contributed by atoms with Crippen LogP contribution in [0, 0.1) is 5.92 Å². The van der Waals surface area contributed by atoms with E-state index in [-0.39, 0.29) is 5.92 Å². The van der Waals surface area contributed by atoms with Gasteiger partial charge in [0, 0.05) is 24.1 Å². The lowest BCUT2D eigenvalue weighted by atomic mass is 9.79. The van der Waals surface area contributed by atoms with E-state index in [0.717, 1.165) is 35.4 Å². The minimum atomic E-state index is -4.50. The molecule has 2 aromatic heterocycles. The molecule has 1 amide bonds. The number of hydrogen-bond donors (Lipinski definition) is 1. The van der Waals surface area contributed by atoms with Crippen molar-refractivity contribution in [3.05, 3.63) is 34.2 Å². The van der Waals surface area contributed by atoms with Gasteiger partial charge in [-0.15, -0.1) is 11.3 Å². The summed E-state index contributed by atoms with van der Waals surface area (Å²) in [6.45, 7) is 4.50. The van der Waals surface area contributed by atoms with Crippen LogP contribution in [0.25, 0.3) is 10.6 Å². The van der Waals surface area contributed by atoms with Crippen LogP contribution in [0.15, 0.2) is 24.3 Å². The third-order valence-corrected chi connectivity index (χ3v) is 6.28. The normalized spacial score (nSPS) is 15.9. The van der Waals surface area contributed by atoms with Crippen LogP contribution in [0.5, 0.6) is 0 Å². The highest BCUT2D eigenvalue weighted by molar-refractivity contribution is 7.19. The van der Waals surface area contributed by atoms with Gasteiger partial charge in [-0.25, -0.2) is 0 Å². The highest BCUT2D eigenvalue weighted by Crippen LogP contribution is 2.46. The van der Waals surface area contributed by atoms with Crippen molar-refractivity contribution in [1.82, 2.24) is 9.78 Å². The standard InChI is InChI=1S/C19H21ClF3N3OS/c1-10(9-11(2)19(21,22)23)18(27)24-17-15(12-5-4-6-12)16(26(3)25-17)13-7-8-14(20)28-13/h7-8,10,12H,2,4-6,9H2,1,3H3,(H,24,25,27). The van der Waals surface area contributed by atoms with Crippen LogP contribution < -0.4 is 5.32 Å². The largest absolute Gasteiger partial charge is 0.412 e. The van der Waals surface area contributed by atoms with Gasteiger partial charge in [0.1, 0.15) is 0 Å². The molecule has 1 aliphatic rings. The minimum Gasteiger partial charge on any atom is -0.309 e. The number of carbonyl (C=O) groups excluding carboxylic acids is 1. The van der Waals surface area contributed by atoms with Gasteiger partial charge in [0.15, 0.2) is 5.82 Å². The SMILES string of the molecule is C=C(CC(C)C(=O)Nc1nn(C)c(-c2ccc(Cl)s2)c1C1CCC1)C(F)(F)F. The molecule has 1 unspecified atom stereocenters. The van der Waals surface area contributed by atoms with E-state index in [0.29, 0.717) is 10.2 Å². The first-order valence-electron chi connectivity index (χ1n) is 8.96. The Labute approximate surface area is 170 Å². The molecule has 0 saturated heterocycles. The summed E-state index contributed by atoms with van der Waals surface area (Å²) in [7, 11) is 1.79. The van der Waals surface area contributed by atoms with Gasteiger partial charge in [-0.3, -0.25) is 9.48 Å². The summed E-state index contributed by atoms with van der Waals surface area (Å²) in [6, 6.07) is 3.72. The Hall–Kier alpha value is -1.80. The molecule has 0 aromatic carbocycles. The fourth-order valence-electron chi connectivity index (χ4n) is 3.27. The molecule has 0 bridgehead atoms. The number of alkyl halides is 3. The van der Waals surface area contributed by atoms with Gasteiger partial charge in [-0.05, 0) is 37.3 Å². The van der Waals surface area contributed by atoms with Crippen molar-refractivity contribution in [2.24, 2.45) is 13.0 Å². The lowest BCUT2D eigenvalue weighted by molar-refractivity contribution is -0.120. The molecule has 0 spiro atoms. The molecule has 0 radical (unpaired) electrons. The van der Waals surface area contributed by atoms with Gasteiger partial charge in [0.2, 0.25) is 5.91 Å². The van der Waals surface area contributed by atoms with Crippen molar-refractivity contribution in [2.75, 3.05) is 5.32 Å². The number of rotatable bonds is 6. The molecule has 4 nitrogen and oxygen atoms in total. The van der Waals surface area contributed by atoms with E-state index in [1.807, 2.05) is 12.1 Å². The van der Waals surface area contributed by atoms with Gasteiger partial charge >= 0.3 is 6.18 Å². The molecule has 2 aromatic rings. The Bertz CT molecular complexity index is 899. The van der Waals surface area contributed by atoms with Gasteiger partial charge < -0.3 is 5.32 Å². The predicted octanol–water partition coefficient (Wildman–Crippen LogP) is 6.15. The van der Waals surface area contributed by atoms with E-state index in [4.69, 9.17) is 11.6 Å². The highest BCUT2D eigenvalue weighted by atomic mass is 35.5. The van der Waals surface area contributed by atoms with Crippen LogP contribution >= 0.6 is 22.9 Å². The van der Waals surface area contributed by atoms with Crippen molar-refractivity contribution in [3.63, 3.8) is 0 Å². The molecule has 9 heteroatoms. The first kappa shape index (κ1) is 20.9. The maximum Gasteiger partial charge on any atom is 0.412 e. The Morgan fingerprint density at radius 1 is 1.46 bits per heavy atom. The zero-order valence-electron chi connectivity index (χ0n) is 15.6. The maximum atomic E-state index is 12.7. The van der Waals surface area contributed by atoms with Crippen molar-refractivity contribution in [2.45, 2.75) is 44.7 Å². The molecular weight excluding hydrogens is 411 g/mol. The number of amides is 1. The molecule has 0 aliphatic heterocycles. The van der Waals surface area contributed by atoms with Gasteiger partial charge in [0.05, 0.1) is 14.9 Å². The van der Waals surface area contributed by atoms with E-state index in [1.54, 1.807) is 11.7 Å². The second kappa shape index (κ2) is 7.91. The number of hydrogen-bond acceptors (Lipinski definition) is 3. The first-order chi connectivity index (χ1) is 13.1. The van der Waals surface area contributed by atoms with Crippen LogP contribution in [0.1, 0.15) is 44.1 Å². The summed E-state index contributed by atoms with van der Waals surface area (Å²) < 4.78 is 40.5. The lowest BCUT2D eigenvalue weighted by Gasteiger charge is -2.27. The predicted molar refractivity (Wildman–Crippen MR) is 106 cm³/mol. The minimum absolute atomic E-state index is 0.264. The zero-order valence-corrected chi connectivity index (χ0v) is 17.1. The summed E-state index contributed by atoms with van der Waals surface area (Å²) in [5.41, 5.74) is 0.913. The number of nitrogens with one attached hydrogen (secondary N) is 1. The second-order valence-electron chi connectivity index (χ2n) is 7.16. The average molecular weight is 432 g/mol. The van der Waals surface area contributed by atoms with Crippen molar-refractivity contribution in [1.29, 1.82) is 0 Å². The van der Waals surface area contributed by atoms with E-state index < -0.39 is 30.0 Å². The molecule has 1 fully saturated rings. The zero-order chi connectivity index (χ0) is 20.6. The monoisotopic (exact) mass is 431 g/mol. The number of aromatic nitrogens is 2. The van der Waals surface area contributed by atoms with Crippen LogP contribution in [0.2, 0.25) is 4.34 Å². The van der Waals surface area contributed by atoms with Crippen LogP contribution in [0.4, 0.5) is 19.0 Å². The van der Waals surface area contributed by atoms with E-state index in [9.17, 15) is 18.0 Å². The summed E-state index contributed by atoms with van der Waals surface area (Å²) in [6.07, 6.45) is -1.88. The van der Waals surface area contributed by atoms with Crippen LogP contribution in [0.3, 0.4) is 0 Å². The van der Waals surface area contributed by atoms with Gasteiger partial charge in [-0.1, -0.05) is 31.5 Å². The quantitative estimate of drug-likeness (QED) is 0.557. The summed E-state index contributed by atoms with van der Waals surface area (Å²) >= 11 is 7.51. The average Bonchev–Trinajstić information content (AvgIpc) is 3.08. The number of allylic oxidation sites excluding steroid dienone is 1. The summed E-state index contributed by atoms with van der Waals surface area (Å²) in [4.78, 5) is 13.5. The van der Waals surface area contributed by atoms with Crippen LogP contribution in [-0.2, 0) is 11.8 Å².